The van der Waals surface area contributed by atoms with Crippen LogP contribution in [0, 0.1) is 25.2 Å². The smallest absolute Gasteiger partial charge is 0.263 e. The summed E-state index contributed by atoms with van der Waals surface area (Å²) in [6.45, 7) is 3.64. The molecule has 0 spiro atoms. The number of nitrogens with two attached hydrogens (primary N) is 1. The monoisotopic (exact) mass is 301 g/mol. The third-order valence-corrected chi connectivity index (χ3v) is 4.58. The minimum absolute atomic E-state index is 0.0500. The number of nitriles is 1. The molecule has 0 radical (unpaired) electrons. The van der Waals surface area contributed by atoms with E-state index in [1.165, 1.54) is 12.1 Å². The zero-order valence-corrected chi connectivity index (χ0v) is 12.5. The fourth-order valence-corrected chi connectivity index (χ4v) is 3.25. The zero-order valence-electron chi connectivity index (χ0n) is 11.7. The molecule has 5 nitrogen and oxygen atoms in total. The molecule has 0 unspecified atom stereocenters. The maximum Gasteiger partial charge on any atom is 0.263 e. The van der Waals surface area contributed by atoms with Gasteiger partial charge in [-0.3, -0.25) is 4.72 Å². The average Bonchev–Trinajstić information content (AvgIpc) is 2.44. The SMILES string of the molecule is Cc1cc(C)c(NS(=O)(=O)c2ccccc2C#N)cc1N. The Kier molecular flexibility index (Phi) is 3.87. The summed E-state index contributed by atoms with van der Waals surface area (Å²) >= 11 is 0. The quantitative estimate of drug-likeness (QED) is 0.851. The van der Waals surface area contributed by atoms with Crippen molar-refractivity contribution in [2.24, 2.45) is 0 Å². The maximum absolute atomic E-state index is 12.4. The number of hydrogen-bond donors (Lipinski definition) is 2. The topological polar surface area (TPSA) is 96.0 Å². The van der Waals surface area contributed by atoms with Crippen LogP contribution in [-0.4, -0.2) is 8.42 Å². The van der Waals surface area contributed by atoms with Crippen molar-refractivity contribution in [3.8, 4) is 6.07 Å². The molecule has 0 aliphatic heterocycles. The van der Waals surface area contributed by atoms with Gasteiger partial charge in [0.15, 0.2) is 0 Å². The van der Waals surface area contributed by atoms with Crippen LogP contribution in [-0.2, 0) is 10.0 Å². The van der Waals surface area contributed by atoms with Crippen molar-refractivity contribution >= 4 is 21.4 Å². The van der Waals surface area contributed by atoms with Crippen LogP contribution in [0.4, 0.5) is 11.4 Å². The lowest BCUT2D eigenvalue weighted by atomic mass is 10.1. The molecule has 0 heterocycles. The zero-order chi connectivity index (χ0) is 15.6. The Morgan fingerprint density at radius 1 is 1.14 bits per heavy atom. The predicted molar refractivity (Wildman–Crippen MR) is 82.3 cm³/mol. The fraction of sp³-hybridized carbons (Fsp3) is 0.133. The molecule has 2 aromatic rings. The molecule has 0 amide bonds. The van der Waals surface area contributed by atoms with Crippen molar-refractivity contribution in [2.75, 3.05) is 10.5 Å². The molecule has 0 aliphatic carbocycles. The largest absolute Gasteiger partial charge is 0.398 e. The van der Waals surface area contributed by atoms with Gasteiger partial charge in [-0.2, -0.15) is 5.26 Å². The van der Waals surface area contributed by atoms with Gasteiger partial charge in [0.1, 0.15) is 11.0 Å². The van der Waals surface area contributed by atoms with Crippen LogP contribution in [0.15, 0.2) is 41.3 Å². The van der Waals surface area contributed by atoms with E-state index in [4.69, 9.17) is 11.0 Å². The summed E-state index contributed by atoms with van der Waals surface area (Å²) in [5.41, 5.74) is 8.48. The maximum atomic E-state index is 12.4. The molecule has 108 valence electrons. The van der Waals surface area contributed by atoms with E-state index in [9.17, 15) is 8.42 Å². The van der Waals surface area contributed by atoms with Crippen molar-refractivity contribution in [3.63, 3.8) is 0 Å². The second-order valence-corrected chi connectivity index (χ2v) is 6.39. The number of sulfonamides is 1. The summed E-state index contributed by atoms with van der Waals surface area (Å²) < 4.78 is 27.3. The first-order valence-corrected chi connectivity index (χ1v) is 7.72. The van der Waals surface area contributed by atoms with Crippen LogP contribution in [0.2, 0.25) is 0 Å². The molecule has 2 rings (SSSR count). The van der Waals surface area contributed by atoms with Gasteiger partial charge in [0, 0.05) is 5.69 Å². The summed E-state index contributed by atoms with van der Waals surface area (Å²) in [4.78, 5) is -0.0500. The van der Waals surface area contributed by atoms with Gasteiger partial charge in [0.2, 0.25) is 0 Å². The van der Waals surface area contributed by atoms with E-state index in [0.717, 1.165) is 11.1 Å². The number of hydrogen-bond acceptors (Lipinski definition) is 4. The van der Waals surface area contributed by atoms with Crippen LogP contribution >= 0.6 is 0 Å². The molecule has 0 aromatic heterocycles. The number of nitrogens with zero attached hydrogens (tertiary/aromatic N) is 1. The molecule has 0 fully saturated rings. The van der Waals surface area contributed by atoms with Crippen LogP contribution in [0.1, 0.15) is 16.7 Å². The highest BCUT2D eigenvalue weighted by Gasteiger charge is 2.19. The molecule has 0 saturated heterocycles. The Morgan fingerprint density at radius 3 is 2.48 bits per heavy atom. The first kappa shape index (κ1) is 14.9. The Bertz CT molecular complexity index is 836. The van der Waals surface area contributed by atoms with Crippen molar-refractivity contribution in [1.82, 2.24) is 0 Å². The summed E-state index contributed by atoms with van der Waals surface area (Å²) in [5, 5.41) is 9.02. The van der Waals surface area contributed by atoms with Gasteiger partial charge < -0.3 is 5.73 Å². The van der Waals surface area contributed by atoms with Crippen LogP contribution in [0.25, 0.3) is 0 Å². The third-order valence-electron chi connectivity index (χ3n) is 3.15. The number of rotatable bonds is 3. The average molecular weight is 301 g/mol. The summed E-state index contributed by atoms with van der Waals surface area (Å²) in [6.07, 6.45) is 0. The summed E-state index contributed by atoms with van der Waals surface area (Å²) in [5.74, 6) is 0. The van der Waals surface area contributed by atoms with Crippen molar-refractivity contribution in [1.29, 1.82) is 5.26 Å². The van der Waals surface area contributed by atoms with E-state index < -0.39 is 10.0 Å². The first-order chi connectivity index (χ1) is 9.85. The molecule has 21 heavy (non-hydrogen) atoms. The van der Waals surface area contributed by atoms with Gasteiger partial charge in [0.25, 0.3) is 10.0 Å². The molecule has 2 aromatic carbocycles. The van der Waals surface area contributed by atoms with Gasteiger partial charge in [-0.25, -0.2) is 8.42 Å². The van der Waals surface area contributed by atoms with Crippen LogP contribution < -0.4 is 10.5 Å². The van der Waals surface area contributed by atoms with E-state index in [1.54, 1.807) is 25.1 Å². The van der Waals surface area contributed by atoms with E-state index in [0.29, 0.717) is 11.4 Å². The van der Waals surface area contributed by atoms with Gasteiger partial charge in [-0.1, -0.05) is 18.2 Å². The van der Waals surface area contributed by atoms with E-state index in [1.807, 2.05) is 19.1 Å². The second-order valence-electron chi connectivity index (χ2n) is 4.74. The van der Waals surface area contributed by atoms with E-state index in [-0.39, 0.29) is 10.5 Å². The van der Waals surface area contributed by atoms with Crippen molar-refractivity contribution in [3.05, 3.63) is 53.1 Å². The molecule has 0 aliphatic rings. The summed E-state index contributed by atoms with van der Waals surface area (Å²) in [6, 6.07) is 11.3. The second kappa shape index (κ2) is 5.46. The molecule has 6 heteroatoms. The molecule has 3 N–H and O–H groups in total. The van der Waals surface area contributed by atoms with Crippen LogP contribution in [0.3, 0.4) is 0 Å². The number of nitrogen functional groups attached to an aromatic ring is 1. The highest BCUT2D eigenvalue weighted by molar-refractivity contribution is 7.92. The third kappa shape index (κ3) is 2.98. The van der Waals surface area contributed by atoms with Crippen molar-refractivity contribution < 1.29 is 8.42 Å². The van der Waals surface area contributed by atoms with Gasteiger partial charge in [0.05, 0.1) is 11.3 Å². The normalized spacial score (nSPS) is 10.9. The summed E-state index contributed by atoms with van der Waals surface area (Å²) in [7, 11) is -3.84. The molecule has 0 bridgehead atoms. The van der Waals surface area contributed by atoms with Gasteiger partial charge >= 0.3 is 0 Å². The number of aryl methyl sites for hydroxylation is 2. The van der Waals surface area contributed by atoms with Crippen molar-refractivity contribution in [2.45, 2.75) is 18.7 Å². The number of benzene rings is 2. The molecule has 0 atom stereocenters. The van der Waals surface area contributed by atoms with Gasteiger partial charge in [-0.15, -0.1) is 0 Å². The minimum Gasteiger partial charge on any atom is -0.398 e. The first-order valence-electron chi connectivity index (χ1n) is 6.24. The molecular formula is C15H15N3O2S. The molecule has 0 saturated carbocycles. The fourth-order valence-electron chi connectivity index (χ4n) is 1.97. The van der Waals surface area contributed by atoms with E-state index >= 15 is 0 Å². The standard InChI is InChI=1S/C15H15N3O2S/c1-10-7-11(2)14(8-13(10)17)18-21(19,20)15-6-4-3-5-12(15)9-16/h3-8,18H,17H2,1-2H3. The highest BCUT2D eigenvalue weighted by Crippen LogP contribution is 2.25. The lowest BCUT2D eigenvalue weighted by Gasteiger charge is -2.13. The van der Waals surface area contributed by atoms with Crippen LogP contribution in [0.5, 0.6) is 0 Å². The Balaban J connectivity index is 2.48. The molecular weight excluding hydrogens is 286 g/mol. The number of anilines is 2. The minimum atomic E-state index is -3.84. The predicted octanol–water partition coefficient (Wildman–Crippen LogP) is 2.56. The Morgan fingerprint density at radius 2 is 1.81 bits per heavy atom. The van der Waals surface area contributed by atoms with Gasteiger partial charge in [-0.05, 0) is 43.2 Å². The number of nitrogens with one attached hydrogen (secondary N) is 1. The Labute approximate surface area is 124 Å². The van der Waals surface area contributed by atoms with E-state index in [2.05, 4.69) is 4.72 Å². The lowest BCUT2D eigenvalue weighted by molar-refractivity contribution is 0.601. The lowest BCUT2D eigenvalue weighted by Crippen LogP contribution is -2.15. The Hall–Kier alpha value is -2.52. The highest BCUT2D eigenvalue weighted by atomic mass is 32.2.